The van der Waals surface area contributed by atoms with Gasteiger partial charge in [-0.25, -0.2) is 4.57 Å². The van der Waals surface area contributed by atoms with Crippen LogP contribution in [0.5, 0.6) is 5.75 Å². The fourth-order valence-corrected chi connectivity index (χ4v) is 2.08. The topological polar surface area (TPSA) is 56.2 Å². The fourth-order valence-electron chi connectivity index (χ4n) is 1.47. The Hall–Kier alpha value is -1.88. The van der Waals surface area contributed by atoms with Gasteiger partial charge in [-0.15, -0.1) is 0 Å². The van der Waals surface area contributed by atoms with E-state index in [0.29, 0.717) is 10.7 Å². The van der Waals surface area contributed by atoms with Crippen molar-refractivity contribution < 1.29 is 14.1 Å². The lowest BCUT2D eigenvalue weighted by atomic mass is 10.1. The van der Waals surface area contributed by atoms with Gasteiger partial charge in [0, 0.05) is 10.9 Å². The molecule has 0 radical (unpaired) electrons. The number of nitrogens with zero attached hydrogens (tertiary/aromatic N) is 1. The summed E-state index contributed by atoms with van der Waals surface area (Å²) in [6, 6.07) is 7.05. The second-order valence-electron chi connectivity index (χ2n) is 3.52. The first-order valence-electron chi connectivity index (χ1n) is 5.10. The van der Waals surface area contributed by atoms with Crippen LogP contribution in [0, 0.1) is 0 Å². The fraction of sp³-hybridized carbons (Fsp3) is 0.167. The number of thiazole rings is 1. The molecule has 0 amide bonds. The van der Waals surface area contributed by atoms with Crippen LogP contribution in [0.25, 0.3) is 0 Å². The molecule has 1 aromatic heterocycles. The van der Waals surface area contributed by atoms with Crippen LogP contribution in [0.15, 0.2) is 35.8 Å². The van der Waals surface area contributed by atoms with Crippen LogP contribution >= 0.6 is 11.3 Å². The normalized spacial score (nSPS) is 10.2. The Morgan fingerprint density at radius 3 is 2.65 bits per heavy atom. The van der Waals surface area contributed by atoms with E-state index in [1.54, 1.807) is 42.1 Å². The number of hydrogen-bond acceptors (Lipinski definition) is 4. The lowest BCUT2D eigenvalue weighted by molar-refractivity contribution is -0.664. The zero-order valence-electron chi connectivity index (χ0n) is 9.42. The number of carbonyl (C=O) groups excluding carboxylic acids is 1. The van der Waals surface area contributed by atoms with Crippen molar-refractivity contribution in [3.05, 3.63) is 41.4 Å². The van der Waals surface area contributed by atoms with Crippen LogP contribution in [0.4, 0.5) is 5.13 Å². The van der Waals surface area contributed by atoms with Crippen molar-refractivity contribution in [3.63, 3.8) is 0 Å². The SMILES string of the molecule is COc1ccc(C(=O)C[n+]2ccsc2N)cc1. The number of rotatable bonds is 4. The Bertz CT molecular complexity index is 520. The predicted molar refractivity (Wildman–Crippen MR) is 66.3 cm³/mol. The number of ketones is 1. The van der Waals surface area contributed by atoms with E-state index < -0.39 is 0 Å². The monoisotopic (exact) mass is 249 g/mol. The number of aromatic nitrogens is 1. The van der Waals surface area contributed by atoms with Crippen molar-refractivity contribution in [2.75, 3.05) is 12.8 Å². The maximum atomic E-state index is 12.0. The van der Waals surface area contributed by atoms with Crippen molar-refractivity contribution in [1.82, 2.24) is 0 Å². The zero-order chi connectivity index (χ0) is 12.3. The van der Waals surface area contributed by atoms with Gasteiger partial charge in [0.2, 0.25) is 5.78 Å². The van der Waals surface area contributed by atoms with Gasteiger partial charge in [-0.3, -0.25) is 10.5 Å². The van der Waals surface area contributed by atoms with E-state index in [9.17, 15) is 4.79 Å². The van der Waals surface area contributed by atoms with Gasteiger partial charge in [0.15, 0.2) is 6.54 Å². The minimum atomic E-state index is 0.0303. The molecule has 0 aliphatic rings. The second-order valence-corrected chi connectivity index (χ2v) is 4.45. The number of anilines is 1. The Morgan fingerprint density at radius 1 is 1.41 bits per heavy atom. The zero-order valence-corrected chi connectivity index (χ0v) is 10.2. The summed E-state index contributed by atoms with van der Waals surface area (Å²) >= 11 is 1.42. The highest BCUT2D eigenvalue weighted by atomic mass is 32.1. The molecule has 0 unspecified atom stereocenters. The van der Waals surface area contributed by atoms with Crippen molar-refractivity contribution in [2.45, 2.75) is 6.54 Å². The number of Topliss-reactive ketones (excluding diaryl/α,β-unsaturated/α-hetero) is 1. The average molecular weight is 249 g/mol. The van der Waals surface area contributed by atoms with Gasteiger partial charge in [0.05, 0.1) is 7.11 Å². The molecule has 4 nitrogen and oxygen atoms in total. The number of nitrogens with two attached hydrogens (primary N) is 1. The molecule has 2 aromatic rings. The molecule has 5 heteroatoms. The molecular formula is C12H13N2O2S+. The van der Waals surface area contributed by atoms with Crippen LogP contribution in [-0.2, 0) is 6.54 Å². The van der Waals surface area contributed by atoms with Gasteiger partial charge in [-0.1, -0.05) is 11.3 Å². The van der Waals surface area contributed by atoms with E-state index in [2.05, 4.69) is 0 Å². The van der Waals surface area contributed by atoms with Gasteiger partial charge in [-0.05, 0) is 24.3 Å². The average Bonchev–Trinajstić information content (AvgIpc) is 2.75. The molecule has 0 aliphatic heterocycles. The Morgan fingerprint density at radius 2 is 2.12 bits per heavy atom. The minimum absolute atomic E-state index is 0.0303. The van der Waals surface area contributed by atoms with Crippen LogP contribution in [0.1, 0.15) is 10.4 Å². The van der Waals surface area contributed by atoms with Crippen LogP contribution < -0.4 is 15.0 Å². The highest BCUT2D eigenvalue weighted by Crippen LogP contribution is 2.12. The summed E-state index contributed by atoms with van der Waals surface area (Å²) in [5, 5.41) is 2.49. The molecule has 0 bridgehead atoms. The molecule has 0 saturated carbocycles. The Kier molecular flexibility index (Phi) is 3.39. The third-order valence-electron chi connectivity index (χ3n) is 2.44. The molecule has 2 rings (SSSR count). The van der Waals surface area contributed by atoms with E-state index in [-0.39, 0.29) is 12.3 Å². The van der Waals surface area contributed by atoms with Crippen molar-refractivity contribution in [3.8, 4) is 5.75 Å². The van der Waals surface area contributed by atoms with Gasteiger partial charge < -0.3 is 4.74 Å². The first kappa shape index (κ1) is 11.6. The van der Waals surface area contributed by atoms with Gasteiger partial charge in [-0.2, -0.15) is 0 Å². The van der Waals surface area contributed by atoms with E-state index in [0.717, 1.165) is 5.75 Å². The summed E-state index contributed by atoms with van der Waals surface area (Å²) in [5.41, 5.74) is 6.38. The van der Waals surface area contributed by atoms with Gasteiger partial charge in [0.1, 0.15) is 11.9 Å². The second kappa shape index (κ2) is 4.97. The molecule has 0 saturated heterocycles. The molecule has 0 fully saturated rings. The number of carbonyl (C=O) groups is 1. The smallest absolute Gasteiger partial charge is 0.332 e. The van der Waals surface area contributed by atoms with Crippen molar-refractivity contribution >= 4 is 22.3 Å². The van der Waals surface area contributed by atoms with E-state index in [1.807, 2.05) is 5.38 Å². The van der Waals surface area contributed by atoms with Gasteiger partial charge >= 0.3 is 5.13 Å². The summed E-state index contributed by atoms with van der Waals surface area (Å²) in [4.78, 5) is 12.0. The molecule has 0 aliphatic carbocycles. The number of benzene rings is 1. The minimum Gasteiger partial charge on any atom is -0.497 e. The lowest BCUT2D eigenvalue weighted by Crippen LogP contribution is -2.38. The largest absolute Gasteiger partial charge is 0.497 e. The quantitative estimate of drug-likeness (QED) is 0.660. The van der Waals surface area contributed by atoms with E-state index in [4.69, 9.17) is 10.5 Å². The standard InChI is InChI=1S/C12H12N2O2S/c1-16-10-4-2-9(3-5-10)11(15)8-14-6-7-17-12(14)13/h2-7,13H,8H2,1H3/p+1. The maximum absolute atomic E-state index is 12.0. The van der Waals surface area contributed by atoms with Crippen LogP contribution in [-0.4, -0.2) is 12.9 Å². The van der Waals surface area contributed by atoms with E-state index >= 15 is 0 Å². The molecule has 0 spiro atoms. The Labute approximate surface area is 103 Å². The predicted octanol–water partition coefficient (Wildman–Crippen LogP) is 1.51. The number of hydrogen-bond donors (Lipinski definition) is 1. The molecule has 0 atom stereocenters. The third kappa shape index (κ3) is 2.62. The summed E-state index contributed by atoms with van der Waals surface area (Å²) in [5.74, 6) is 0.770. The van der Waals surface area contributed by atoms with Crippen LogP contribution in [0.3, 0.4) is 0 Å². The van der Waals surface area contributed by atoms with Crippen molar-refractivity contribution in [2.24, 2.45) is 0 Å². The highest BCUT2D eigenvalue weighted by Gasteiger charge is 2.13. The van der Waals surface area contributed by atoms with Crippen LogP contribution in [0.2, 0.25) is 0 Å². The first-order chi connectivity index (χ1) is 8.20. The summed E-state index contributed by atoms with van der Waals surface area (Å²) in [7, 11) is 1.60. The number of methoxy groups -OCH3 is 1. The first-order valence-corrected chi connectivity index (χ1v) is 5.98. The van der Waals surface area contributed by atoms with Crippen molar-refractivity contribution in [1.29, 1.82) is 0 Å². The Balaban J connectivity index is 2.12. The summed E-state index contributed by atoms with van der Waals surface area (Å²) in [6.45, 7) is 0.266. The highest BCUT2D eigenvalue weighted by molar-refractivity contribution is 7.12. The molecule has 88 valence electrons. The lowest BCUT2D eigenvalue weighted by Gasteiger charge is -2.02. The number of nitrogen functional groups attached to an aromatic ring is 1. The summed E-state index contributed by atoms with van der Waals surface area (Å²) < 4.78 is 6.77. The number of ether oxygens (including phenoxy) is 1. The summed E-state index contributed by atoms with van der Waals surface area (Å²) in [6.07, 6.45) is 1.81. The third-order valence-corrected chi connectivity index (χ3v) is 3.17. The van der Waals surface area contributed by atoms with Gasteiger partial charge in [0.25, 0.3) is 0 Å². The molecule has 2 N–H and O–H groups in total. The molecule has 17 heavy (non-hydrogen) atoms. The molecule has 1 aromatic carbocycles. The molecular weight excluding hydrogens is 236 g/mol. The maximum Gasteiger partial charge on any atom is 0.332 e. The molecule has 1 heterocycles. The van der Waals surface area contributed by atoms with E-state index in [1.165, 1.54) is 11.3 Å².